The Bertz CT molecular complexity index is 65.4. The van der Waals surface area contributed by atoms with Gasteiger partial charge in [-0.05, 0) is 0 Å². The molecule has 0 spiro atoms. The number of rotatable bonds is 4. The van der Waals surface area contributed by atoms with Gasteiger partial charge in [0.15, 0.2) is 0 Å². The summed E-state index contributed by atoms with van der Waals surface area (Å²) >= 11 is -1.63. The molecule has 47 valence electrons. The van der Waals surface area contributed by atoms with E-state index in [1.165, 1.54) is 0 Å². The van der Waals surface area contributed by atoms with Crippen molar-refractivity contribution in [3.63, 3.8) is 0 Å². The van der Waals surface area contributed by atoms with Crippen molar-refractivity contribution in [2.45, 2.75) is 32.8 Å². The molecule has 0 amide bonds. The Hall–Kier alpha value is 0.559. The zero-order valence-corrected chi connectivity index (χ0v) is 8.16. The van der Waals surface area contributed by atoms with Crippen LogP contribution in [0.4, 0.5) is 0 Å². The molecule has 0 rings (SSSR count). The second-order valence-electron chi connectivity index (χ2n) is 1.80. The van der Waals surface area contributed by atoms with E-state index in [0.29, 0.717) is 0 Å². The van der Waals surface area contributed by atoms with Crippen LogP contribution in [0.25, 0.3) is 0 Å². The van der Waals surface area contributed by atoms with E-state index in [1.54, 1.807) is 0 Å². The Morgan fingerprint density at radius 2 is 2.38 bits per heavy atom. The van der Waals surface area contributed by atoms with Gasteiger partial charge in [-0.1, -0.05) is 0 Å². The van der Waals surface area contributed by atoms with Crippen molar-refractivity contribution >= 4 is 21.5 Å². The molecule has 0 aromatic carbocycles. The third-order valence-corrected chi connectivity index (χ3v) is 2.37. The van der Waals surface area contributed by atoms with Gasteiger partial charge in [0.25, 0.3) is 0 Å². The fraction of sp³-hybridized carbons (Fsp3) is 1.00. The summed E-state index contributed by atoms with van der Waals surface area (Å²) < 4.78 is 14.9. The maximum absolute atomic E-state index is 9.96. The zero-order chi connectivity index (χ0) is 6.41. The van der Waals surface area contributed by atoms with Crippen LogP contribution in [-0.4, -0.2) is 27.6 Å². The summed E-state index contributed by atoms with van der Waals surface area (Å²) in [6.45, 7) is 4.05. The quantitative estimate of drug-likeness (QED) is 0.667. The van der Waals surface area contributed by atoms with Gasteiger partial charge in [-0.3, -0.25) is 0 Å². The first kappa shape index (κ1) is 8.56. The third kappa shape index (κ3) is 4.71. The van der Waals surface area contributed by atoms with Crippen LogP contribution in [0.1, 0.15) is 26.7 Å². The molecule has 1 atom stereocenters. The summed E-state index contributed by atoms with van der Waals surface area (Å²) in [5, 5.41) is 0. The van der Waals surface area contributed by atoms with Crippen molar-refractivity contribution in [2.75, 3.05) is 0 Å². The van der Waals surface area contributed by atoms with Gasteiger partial charge in [0.1, 0.15) is 0 Å². The molecule has 1 unspecified atom stereocenters. The van der Waals surface area contributed by atoms with Crippen LogP contribution in [0.3, 0.4) is 0 Å². The number of hydrogen-bond donors (Lipinski definition) is 0. The Labute approximate surface area is 60.8 Å². The van der Waals surface area contributed by atoms with E-state index in [0.717, 1.165) is 12.8 Å². The van der Waals surface area contributed by atoms with Crippen molar-refractivity contribution in [1.29, 1.82) is 0 Å². The second-order valence-corrected chi connectivity index (χ2v) is 2.95. The van der Waals surface area contributed by atoms with Gasteiger partial charge in [-0.15, -0.1) is 0 Å². The first-order valence-corrected chi connectivity index (χ1v) is 5.17. The molecule has 0 aromatic rings. The normalized spacial score (nSPS) is 13.2. The molecule has 0 aromatic heterocycles. The minimum atomic E-state index is -1.63. The maximum atomic E-state index is 9.96. The summed E-state index contributed by atoms with van der Waals surface area (Å²) in [5.41, 5.74) is 0. The molecular formula is C5H11O2Sn. The van der Waals surface area contributed by atoms with Crippen LogP contribution in [0.2, 0.25) is 0 Å². The van der Waals surface area contributed by atoms with E-state index in [4.69, 9.17) is 3.07 Å². The van der Waals surface area contributed by atoms with E-state index in [9.17, 15) is 3.08 Å². The Kier molecular flexibility index (Phi) is 6.09. The van der Waals surface area contributed by atoms with Crippen molar-refractivity contribution in [2.24, 2.45) is 0 Å². The second kappa shape index (κ2) is 5.69. The average Bonchev–Trinajstić information content (AvgIpc) is 1.68. The molecule has 0 saturated heterocycles. The Balaban J connectivity index is 3.03. The molecule has 0 aliphatic carbocycles. The van der Waals surface area contributed by atoms with Crippen LogP contribution >= 0.6 is 0 Å². The topological polar surface area (TPSA) is 26.3 Å². The fourth-order valence-corrected chi connectivity index (χ4v) is 1.35. The first-order valence-electron chi connectivity index (χ1n) is 2.84. The molecule has 2 nitrogen and oxygen atoms in total. The van der Waals surface area contributed by atoms with Crippen molar-refractivity contribution in [3.05, 3.63) is 0 Å². The molecule has 3 heteroatoms. The SMILES string of the molecule is CCCC(C)[O][Sn]=[O]. The van der Waals surface area contributed by atoms with Gasteiger partial charge < -0.3 is 0 Å². The standard InChI is InChI=1S/C5H11O.O.Sn/c1-3-4-5(2)6;;/h5H,3-4H2,1-2H3;;/q-1;;+1. The van der Waals surface area contributed by atoms with Crippen molar-refractivity contribution in [1.82, 2.24) is 0 Å². The molecule has 0 fully saturated rings. The van der Waals surface area contributed by atoms with Crippen LogP contribution in [0.5, 0.6) is 0 Å². The van der Waals surface area contributed by atoms with Crippen LogP contribution in [0, 0.1) is 0 Å². The van der Waals surface area contributed by atoms with Gasteiger partial charge in [0.05, 0.1) is 0 Å². The molecule has 0 aliphatic rings. The summed E-state index contributed by atoms with van der Waals surface area (Å²) in [7, 11) is 0. The molecule has 0 saturated carbocycles. The molecular weight excluding hydrogens is 211 g/mol. The number of hydrogen-bond acceptors (Lipinski definition) is 2. The Morgan fingerprint density at radius 1 is 1.75 bits per heavy atom. The van der Waals surface area contributed by atoms with Gasteiger partial charge in [0.2, 0.25) is 0 Å². The monoisotopic (exact) mass is 223 g/mol. The summed E-state index contributed by atoms with van der Waals surface area (Å²) in [5.74, 6) is 0. The minimum absolute atomic E-state index is 0.226. The van der Waals surface area contributed by atoms with E-state index < -0.39 is 21.5 Å². The summed E-state index contributed by atoms with van der Waals surface area (Å²) in [6.07, 6.45) is 2.37. The van der Waals surface area contributed by atoms with Gasteiger partial charge in [-0.2, -0.15) is 0 Å². The van der Waals surface area contributed by atoms with Crippen molar-refractivity contribution in [3.8, 4) is 0 Å². The zero-order valence-electron chi connectivity index (χ0n) is 5.31. The predicted octanol–water partition coefficient (Wildman–Crippen LogP) is 1.16. The van der Waals surface area contributed by atoms with Crippen molar-refractivity contribution < 1.29 is 6.15 Å². The summed E-state index contributed by atoms with van der Waals surface area (Å²) in [4.78, 5) is 0. The van der Waals surface area contributed by atoms with E-state index >= 15 is 0 Å². The molecule has 0 heterocycles. The third-order valence-electron chi connectivity index (χ3n) is 0.944. The molecule has 8 heavy (non-hydrogen) atoms. The average molecular weight is 222 g/mol. The van der Waals surface area contributed by atoms with Crippen LogP contribution in [-0.2, 0) is 6.15 Å². The van der Waals surface area contributed by atoms with Gasteiger partial charge in [-0.25, -0.2) is 0 Å². The van der Waals surface area contributed by atoms with E-state index in [2.05, 4.69) is 6.92 Å². The van der Waals surface area contributed by atoms with E-state index in [1.807, 2.05) is 6.92 Å². The van der Waals surface area contributed by atoms with E-state index in [-0.39, 0.29) is 6.10 Å². The fourth-order valence-electron chi connectivity index (χ4n) is 0.548. The van der Waals surface area contributed by atoms with Crippen LogP contribution in [0.15, 0.2) is 0 Å². The first-order chi connectivity index (χ1) is 3.81. The Morgan fingerprint density at radius 3 is 2.75 bits per heavy atom. The summed E-state index contributed by atoms with van der Waals surface area (Å²) in [6, 6.07) is 0. The van der Waals surface area contributed by atoms with Crippen LogP contribution < -0.4 is 0 Å². The van der Waals surface area contributed by atoms with Gasteiger partial charge in [0, 0.05) is 0 Å². The predicted molar refractivity (Wildman–Crippen MR) is 31.9 cm³/mol. The molecule has 0 bridgehead atoms. The van der Waals surface area contributed by atoms with Gasteiger partial charge >= 0.3 is 60.5 Å². The molecule has 0 N–H and O–H groups in total. The molecule has 1 radical (unpaired) electrons. The molecule has 0 aliphatic heterocycles.